The lowest BCUT2D eigenvalue weighted by Gasteiger charge is -2.15. The first-order valence-corrected chi connectivity index (χ1v) is 5.56. The second-order valence-electron chi connectivity index (χ2n) is 4.02. The summed E-state index contributed by atoms with van der Waals surface area (Å²) in [6, 6.07) is 8.39. The van der Waals surface area contributed by atoms with Gasteiger partial charge in [0.2, 0.25) is 0 Å². The number of nitrogens with one attached hydrogen (secondary N) is 1. The normalized spacial score (nSPS) is 17.5. The fourth-order valence-corrected chi connectivity index (χ4v) is 1.63. The molecule has 0 amide bonds. The van der Waals surface area contributed by atoms with Crippen LogP contribution in [0.5, 0.6) is 5.75 Å². The van der Waals surface area contributed by atoms with E-state index in [1.165, 1.54) is 18.4 Å². The Morgan fingerprint density at radius 3 is 2.93 bits per heavy atom. The number of rotatable bonds is 5. The maximum atomic E-state index is 5.74. The molecule has 0 spiro atoms. The maximum absolute atomic E-state index is 5.74. The van der Waals surface area contributed by atoms with E-state index in [9.17, 15) is 0 Å². The van der Waals surface area contributed by atoms with Crippen LogP contribution in [0.1, 0.15) is 37.8 Å². The number of benzene rings is 1. The molecule has 0 bridgehead atoms. The molecule has 1 aromatic carbocycles. The van der Waals surface area contributed by atoms with E-state index >= 15 is 0 Å². The summed E-state index contributed by atoms with van der Waals surface area (Å²) in [6.07, 6.45) is 3.81. The highest BCUT2D eigenvalue weighted by Crippen LogP contribution is 2.28. The lowest BCUT2D eigenvalue weighted by atomic mass is 10.1. The van der Waals surface area contributed by atoms with Gasteiger partial charge in [0.25, 0.3) is 0 Å². The molecule has 2 rings (SSSR count). The van der Waals surface area contributed by atoms with Crippen LogP contribution in [0.15, 0.2) is 24.3 Å². The van der Waals surface area contributed by atoms with Crippen molar-refractivity contribution in [1.29, 1.82) is 0 Å². The van der Waals surface area contributed by atoms with Crippen molar-refractivity contribution in [3.8, 4) is 5.75 Å². The molecular weight excluding hydrogens is 188 g/mol. The van der Waals surface area contributed by atoms with E-state index in [-0.39, 0.29) is 6.04 Å². The zero-order valence-electron chi connectivity index (χ0n) is 9.07. The molecule has 0 aromatic heterocycles. The highest BCUT2D eigenvalue weighted by Gasteiger charge is 2.23. The Morgan fingerprint density at radius 1 is 1.53 bits per heavy atom. The van der Waals surface area contributed by atoms with Gasteiger partial charge >= 0.3 is 0 Å². The minimum absolute atomic E-state index is 0.216. The first-order chi connectivity index (χ1) is 7.33. The van der Waals surface area contributed by atoms with Gasteiger partial charge in [-0.3, -0.25) is 11.3 Å². The van der Waals surface area contributed by atoms with Gasteiger partial charge in [-0.15, -0.1) is 0 Å². The topological polar surface area (TPSA) is 47.3 Å². The Kier molecular flexibility index (Phi) is 3.23. The van der Waals surface area contributed by atoms with Crippen molar-refractivity contribution < 1.29 is 4.74 Å². The summed E-state index contributed by atoms with van der Waals surface area (Å²) >= 11 is 0. The third-order valence-corrected chi connectivity index (χ3v) is 2.70. The number of ether oxygens (including phenoxy) is 1. The fourth-order valence-electron chi connectivity index (χ4n) is 1.63. The van der Waals surface area contributed by atoms with Gasteiger partial charge in [0.05, 0.1) is 6.10 Å². The molecule has 0 heterocycles. The van der Waals surface area contributed by atoms with Crippen molar-refractivity contribution >= 4 is 0 Å². The fraction of sp³-hybridized carbons (Fsp3) is 0.500. The van der Waals surface area contributed by atoms with Gasteiger partial charge in [-0.05, 0) is 37.0 Å². The molecule has 1 fully saturated rings. The van der Waals surface area contributed by atoms with Crippen LogP contribution in [-0.4, -0.2) is 6.10 Å². The minimum atomic E-state index is 0.216. The van der Waals surface area contributed by atoms with Gasteiger partial charge in [0.15, 0.2) is 0 Å². The zero-order valence-corrected chi connectivity index (χ0v) is 9.07. The van der Waals surface area contributed by atoms with Crippen LogP contribution in [0.3, 0.4) is 0 Å². The van der Waals surface area contributed by atoms with Crippen LogP contribution in [-0.2, 0) is 0 Å². The van der Waals surface area contributed by atoms with E-state index in [0.717, 1.165) is 12.2 Å². The average molecular weight is 206 g/mol. The number of hydrogen-bond acceptors (Lipinski definition) is 3. The molecular formula is C12H18N2O. The second-order valence-corrected chi connectivity index (χ2v) is 4.02. The predicted octanol–water partition coefficient (Wildman–Crippen LogP) is 2.14. The molecule has 1 saturated carbocycles. The van der Waals surface area contributed by atoms with Crippen molar-refractivity contribution in [2.24, 2.45) is 5.84 Å². The standard InChI is InChI=1S/C12H18N2O/c1-2-12(14-13)9-4-3-5-11(8-9)15-10-6-7-10/h3-5,8,10,12,14H,2,6-7,13H2,1H3. The van der Waals surface area contributed by atoms with Gasteiger partial charge in [-0.2, -0.15) is 0 Å². The Hall–Kier alpha value is -1.06. The summed E-state index contributed by atoms with van der Waals surface area (Å²) in [5.74, 6) is 6.45. The first kappa shape index (κ1) is 10.5. The van der Waals surface area contributed by atoms with E-state index in [4.69, 9.17) is 10.6 Å². The van der Waals surface area contributed by atoms with Crippen molar-refractivity contribution in [2.75, 3.05) is 0 Å². The highest BCUT2D eigenvalue weighted by molar-refractivity contribution is 5.31. The van der Waals surface area contributed by atoms with Gasteiger partial charge in [-0.25, -0.2) is 0 Å². The van der Waals surface area contributed by atoms with Crippen LogP contribution in [0, 0.1) is 0 Å². The lowest BCUT2D eigenvalue weighted by Crippen LogP contribution is -2.27. The SMILES string of the molecule is CCC(NN)c1cccc(OC2CC2)c1. The lowest BCUT2D eigenvalue weighted by molar-refractivity contribution is 0.302. The molecule has 0 radical (unpaired) electrons. The zero-order chi connectivity index (χ0) is 10.7. The Balaban J connectivity index is 2.09. The maximum Gasteiger partial charge on any atom is 0.120 e. The largest absolute Gasteiger partial charge is 0.490 e. The van der Waals surface area contributed by atoms with Gasteiger partial charge in [0, 0.05) is 6.04 Å². The summed E-state index contributed by atoms with van der Waals surface area (Å²) in [5.41, 5.74) is 4.00. The van der Waals surface area contributed by atoms with Crippen LogP contribution >= 0.6 is 0 Å². The molecule has 0 aliphatic heterocycles. The summed E-state index contributed by atoms with van der Waals surface area (Å²) in [5, 5.41) is 0. The van der Waals surface area contributed by atoms with Gasteiger partial charge in [0.1, 0.15) is 5.75 Å². The first-order valence-electron chi connectivity index (χ1n) is 5.56. The van der Waals surface area contributed by atoms with Crippen molar-refractivity contribution in [2.45, 2.75) is 38.3 Å². The molecule has 1 aliphatic rings. The third-order valence-electron chi connectivity index (χ3n) is 2.70. The van der Waals surface area contributed by atoms with E-state index in [1.54, 1.807) is 0 Å². The predicted molar refractivity (Wildman–Crippen MR) is 60.4 cm³/mol. The quantitative estimate of drug-likeness (QED) is 0.573. The Bertz CT molecular complexity index is 319. The molecule has 0 saturated heterocycles. The number of nitrogens with two attached hydrogens (primary N) is 1. The van der Waals surface area contributed by atoms with E-state index in [2.05, 4.69) is 24.5 Å². The molecule has 1 aromatic rings. The number of hydrazine groups is 1. The van der Waals surface area contributed by atoms with E-state index in [1.807, 2.05) is 12.1 Å². The molecule has 3 nitrogen and oxygen atoms in total. The highest BCUT2D eigenvalue weighted by atomic mass is 16.5. The monoisotopic (exact) mass is 206 g/mol. The van der Waals surface area contributed by atoms with Crippen molar-refractivity contribution in [3.63, 3.8) is 0 Å². The van der Waals surface area contributed by atoms with Crippen LogP contribution in [0.25, 0.3) is 0 Å². The van der Waals surface area contributed by atoms with E-state index < -0.39 is 0 Å². The molecule has 1 unspecified atom stereocenters. The average Bonchev–Trinajstić information content (AvgIpc) is 3.04. The van der Waals surface area contributed by atoms with Crippen LogP contribution in [0.2, 0.25) is 0 Å². The van der Waals surface area contributed by atoms with Gasteiger partial charge < -0.3 is 4.74 Å². The Labute approximate surface area is 90.6 Å². The summed E-state index contributed by atoms with van der Waals surface area (Å²) in [4.78, 5) is 0. The van der Waals surface area contributed by atoms with Crippen LogP contribution in [0.4, 0.5) is 0 Å². The molecule has 82 valence electrons. The van der Waals surface area contributed by atoms with Crippen LogP contribution < -0.4 is 16.0 Å². The van der Waals surface area contributed by atoms with Crippen molar-refractivity contribution in [3.05, 3.63) is 29.8 Å². The minimum Gasteiger partial charge on any atom is -0.490 e. The molecule has 15 heavy (non-hydrogen) atoms. The van der Waals surface area contributed by atoms with E-state index in [0.29, 0.717) is 6.10 Å². The molecule has 3 N–H and O–H groups in total. The summed E-state index contributed by atoms with van der Waals surface area (Å²) in [7, 11) is 0. The van der Waals surface area contributed by atoms with Crippen molar-refractivity contribution in [1.82, 2.24) is 5.43 Å². The molecule has 3 heteroatoms. The Morgan fingerprint density at radius 2 is 2.33 bits per heavy atom. The van der Waals surface area contributed by atoms with Gasteiger partial charge in [-0.1, -0.05) is 19.1 Å². The third kappa shape index (κ3) is 2.70. The molecule has 1 atom stereocenters. The summed E-state index contributed by atoms with van der Waals surface area (Å²) < 4.78 is 5.74. The second kappa shape index (κ2) is 4.64. The summed E-state index contributed by atoms with van der Waals surface area (Å²) in [6.45, 7) is 2.11. The number of hydrogen-bond donors (Lipinski definition) is 2. The molecule has 1 aliphatic carbocycles. The smallest absolute Gasteiger partial charge is 0.120 e.